The van der Waals surface area contributed by atoms with Gasteiger partial charge >= 0.3 is 0 Å². The van der Waals surface area contributed by atoms with Crippen molar-refractivity contribution in [3.05, 3.63) is 35.4 Å². The fourth-order valence-electron chi connectivity index (χ4n) is 1.06. The molecule has 0 atom stereocenters. The Balaban J connectivity index is 3.00. The van der Waals surface area contributed by atoms with Crippen LogP contribution in [0.15, 0.2) is 24.3 Å². The SMILES string of the molecule is CCC=Cc1cccc(C)c1O. The van der Waals surface area contributed by atoms with Gasteiger partial charge in [0.25, 0.3) is 0 Å². The highest BCUT2D eigenvalue weighted by Crippen LogP contribution is 2.22. The summed E-state index contributed by atoms with van der Waals surface area (Å²) in [4.78, 5) is 0. The number of para-hydroxylation sites is 1. The van der Waals surface area contributed by atoms with Gasteiger partial charge in [-0.1, -0.05) is 37.3 Å². The molecule has 1 aromatic carbocycles. The molecule has 0 saturated heterocycles. The number of rotatable bonds is 2. The molecule has 1 N–H and O–H groups in total. The summed E-state index contributed by atoms with van der Waals surface area (Å²) < 4.78 is 0. The van der Waals surface area contributed by atoms with Crippen LogP contribution in [-0.4, -0.2) is 5.11 Å². The lowest BCUT2D eigenvalue weighted by atomic mass is 10.1. The van der Waals surface area contributed by atoms with Crippen LogP contribution in [0.25, 0.3) is 6.08 Å². The minimum absolute atomic E-state index is 0.391. The Morgan fingerprint density at radius 3 is 2.83 bits per heavy atom. The number of hydrogen-bond acceptors (Lipinski definition) is 1. The van der Waals surface area contributed by atoms with E-state index in [0.29, 0.717) is 5.75 Å². The van der Waals surface area contributed by atoms with Gasteiger partial charge in [-0.2, -0.15) is 0 Å². The number of benzene rings is 1. The van der Waals surface area contributed by atoms with E-state index in [1.165, 1.54) is 0 Å². The van der Waals surface area contributed by atoms with Crippen LogP contribution in [0.3, 0.4) is 0 Å². The first-order valence-electron chi connectivity index (χ1n) is 4.20. The van der Waals surface area contributed by atoms with E-state index < -0.39 is 0 Å². The minimum atomic E-state index is 0.391. The molecule has 0 aromatic heterocycles. The molecule has 0 aliphatic carbocycles. The largest absolute Gasteiger partial charge is 0.507 e. The number of aryl methyl sites for hydroxylation is 1. The van der Waals surface area contributed by atoms with Crippen LogP contribution in [0.4, 0.5) is 0 Å². The monoisotopic (exact) mass is 162 g/mol. The van der Waals surface area contributed by atoms with Crippen LogP contribution >= 0.6 is 0 Å². The van der Waals surface area contributed by atoms with Gasteiger partial charge in [-0.3, -0.25) is 0 Å². The predicted molar refractivity (Wildman–Crippen MR) is 52.2 cm³/mol. The lowest BCUT2D eigenvalue weighted by Gasteiger charge is -2.01. The first kappa shape index (κ1) is 8.85. The van der Waals surface area contributed by atoms with E-state index >= 15 is 0 Å². The summed E-state index contributed by atoms with van der Waals surface area (Å²) in [6, 6.07) is 5.76. The van der Waals surface area contributed by atoms with E-state index in [1.54, 1.807) is 0 Å². The number of phenols is 1. The fourth-order valence-corrected chi connectivity index (χ4v) is 1.06. The summed E-state index contributed by atoms with van der Waals surface area (Å²) in [6.45, 7) is 3.97. The number of phenolic OH excluding ortho intramolecular Hbond substituents is 1. The minimum Gasteiger partial charge on any atom is -0.507 e. The van der Waals surface area contributed by atoms with Crippen molar-refractivity contribution in [3.8, 4) is 5.75 Å². The summed E-state index contributed by atoms with van der Waals surface area (Å²) >= 11 is 0. The molecular formula is C11H14O. The van der Waals surface area contributed by atoms with Crippen LogP contribution in [-0.2, 0) is 0 Å². The smallest absolute Gasteiger partial charge is 0.125 e. The molecule has 0 bridgehead atoms. The average molecular weight is 162 g/mol. The Bertz CT molecular complexity index is 287. The van der Waals surface area contributed by atoms with Crippen molar-refractivity contribution >= 4 is 6.08 Å². The van der Waals surface area contributed by atoms with E-state index in [2.05, 4.69) is 6.92 Å². The molecule has 1 aromatic rings. The first-order valence-corrected chi connectivity index (χ1v) is 4.20. The van der Waals surface area contributed by atoms with E-state index in [-0.39, 0.29) is 0 Å². The summed E-state index contributed by atoms with van der Waals surface area (Å²) in [7, 11) is 0. The third-order valence-electron chi connectivity index (χ3n) is 1.80. The number of hydrogen-bond donors (Lipinski definition) is 1. The lowest BCUT2D eigenvalue weighted by molar-refractivity contribution is 0.470. The van der Waals surface area contributed by atoms with Crippen molar-refractivity contribution in [2.45, 2.75) is 20.3 Å². The third-order valence-corrected chi connectivity index (χ3v) is 1.80. The number of aromatic hydroxyl groups is 1. The Labute approximate surface area is 73.4 Å². The van der Waals surface area contributed by atoms with Crippen LogP contribution in [0.1, 0.15) is 24.5 Å². The second kappa shape index (κ2) is 3.96. The van der Waals surface area contributed by atoms with E-state index in [1.807, 2.05) is 37.3 Å². The lowest BCUT2D eigenvalue weighted by Crippen LogP contribution is -1.78. The fraction of sp³-hybridized carbons (Fsp3) is 0.273. The van der Waals surface area contributed by atoms with Crippen molar-refractivity contribution in [2.24, 2.45) is 0 Å². The van der Waals surface area contributed by atoms with E-state index in [9.17, 15) is 5.11 Å². The van der Waals surface area contributed by atoms with Crippen LogP contribution in [0.2, 0.25) is 0 Å². The van der Waals surface area contributed by atoms with Gasteiger partial charge in [0, 0.05) is 5.56 Å². The van der Waals surface area contributed by atoms with Crippen molar-refractivity contribution in [3.63, 3.8) is 0 Å². The molecule has 0 radical (unpaired) electrons. The molecule has 12 heavy (non-hydrogen) atoms. The van der Waals surface area contributed by atoms with E-state index in [4.69, 9.17) is 0 Å². The normalized spacial score (nSPS) is 10.8. The molecule has 0 aliphatic heterocycles. The predicted octanol–water partition coefficient (Wildman–Crippen LogP) is 3.12. The molecule has 0 spiro atoms. The highest BCUT2D eigenvalue weighted by Gasteiger charge is 1.98. The standard InChI is InChI=1S/C11H14O/c1-3-4-7-10-8-5-6-9(2)11(10)12/h4-8,12H,3H2,1-2H3. The molecule has 0 aliphatic rings. The van der Waals surface area contributed by atoms with Gasteiger partial charge in [-0.15, -0.1) is 0 Å². The summed E-state index contributed by atoms with van der Waals surface area (Å²) in [5.74, 6) is 0.391. The summed E-state index contributed by atoms with van der Waals surface area (Å²) in [6.07, 6.45) is 4.98. The van der Waals surface area contributed by atoms with Gasteiger partial charge in [-0.05, 0) is 18.9 Å². The quantitative estimate of drug-likeness (QED) is 0.708. The molecular weight excluding hydrogens is 148 g/mol. The van der Waals surface area contributed by atoms with Gasteiger partial charge in [0.15, 0.2) is 0 Å². The molecule has 1 rings (SSSR count). The highest BCUT2D eigenvalue weighted by atomic mass is 16.3. The van der Waals surface area contributed by atoms with Crippen molar-refractivity contribution < 1.29 is 5.11 Å². The summed E-state index contributed by atoms with van der Waals surface area (Å²) in [5, 5.41) is 9.57. The van der Waals surface area contributed by atoms with Crippen LogP contribution in [0.5, 0.6) is 5.75 Å². The summed E-state index contributed by atoms with van der Waals surface area (Å²) in [5.41, 5.74) is 1.82. The first-order chi connectivity index (χ1) is 5.75. The van der Waals surface area contributed by atoms with Crippen molar-refractivity contribution in [1.82, 2.24) is 0 Å². The van der Waals surface area contributed by atoms with Crippen molar-refractivity contribution in [2.75, 3.05) is 0 Å². The van der Waals surface area contributed by atoms with Crippen LogP contribution in [0, 0.1) is 6.92 Å². The van der Waals surface area contributed by atoms with Gasteiger partial charge in [0.2, 0.25) is 0 Å². The van der Waals surface area contributed by atoms with Gasteiger partial charge in [-0.25, -0.2) is 0 Å². The molecule has 1 heteroatoms. The van der Waals surface area contributed by atoms with Gasteiger partial charge < -0.3 is 5.11 Å². The zero-order valence-corrected chi connectivity index (χ0v) is 7.54. The topological polar surface area (TPSA) is 20.2 Å². The third kappa shape index (κ3) is 1.88. The highest BCUT2D eigenvalue weighted by molar-refractivity contribution is 5.58. The Morgan fingerprint density at radius 2 is 2.17 bits per heavy atom. The maximum Gasteiger partial charge on any atom is 0.125 e. The molecule has 0 fully saturated rings. The maximum atomic E-state index is 9.57. The maximum absolute atomic E-state index is 9.57. The molecule has 1 nitrogen and oxygen atoms in total. The zero-order chi connectivity index (χ0) is 8.97. The average Bonchev–Trinajstić information content (AvgIpc) is 2.08. The Morgan fingerprint density at radius 1 is 1.42 bits per heavy atom. The molecule has 0 amide bonds. The van der Waals surface area contributed by atoms with Crippen molar-refractivity contribution in [1.29, 1.82) is 0 Å². The number of allylic oxidation sites excluding steroid dienone is 1. The Kier molecular flexibility index (Phi) is 2.92. The second-order valence-electron chi connectivity index (χ2n) is 2.82. The van der Waals surface area contributed by atoms with Crippen LogP contribution < -0.4 is 0 Å². The molecule has 64 valence electrons. The van der Waals surface area contributed by atoms with Gasteiger partial charge in [0.1, 0.15) is 5.75 Å². The molecule has 0 saturated carbocycles. The second-order valence-corrected chi connectivity index (χ2v) is 2.82. The molecule has 0 heterocycles. The van der Waals surface area contributed by atoms with E-state index in [0.717, 1.165) is 17.5 Å². The zero-order valence-electron chi connectivity index (χ0n) is 7.54. The van der Waals surface area contributed by atoms with Gasteiger partial charge in [0.05, 0.1) is 0 Å². The molecule has 0 unspecified atom stereocenters. The Hall–Kier alpha value is -1.24.